The Balaban J connectivity index is 2.86. The Bertz CT molecular complexity index is 250. The second-order valence-corrected chi connectivity index (χ2v) is 6.15. The molecule has 0 unspecified atom stereocenters. The van der Waals surface area contributed by atoms with Crippen molar-refractivity contribution in [3.8, 4) is 0 Å². The molecule has 1 heterocycles. The van der Waals surface area contributed by atoms with Gasteiger partial charge in [-0.05, 0) is 33.0 Å². The minimum absolute atomic E-state index is 0.535. The molecule has 1 aliphatic heterocycles. The molecule has 5 heteroatoms. The largest absolute Gasteiger partial charge is 0.318 e. The Hall–Kier alpha value is -0.130. The number of hydrogen-bond acceptors (Lipinski definition) is 4. The van der Waals surface area contributed by atoms with Gasteiger partial charge >= 0.3 is 0 Å². The monoisotopic (exact) mass is 206 g/mol. The summed E-state index contributed by atoms with van der Waals surface area (Å²) in [6.45, 7) is 2.16. The summed E-state index contributed by atoms with van der Waals surface area (Å²) in [5, 5.41) is 6.16. The second-order valence-electron chi connectivity index (χ2n) is 3.74. The van der Waals surface area contributed by atoms with Crippen LogP contribution in [0.3, 0.4) is 0 Å². The molecule has 0 radical (unpaired) electrons. The van der Waals surface area contributed by atoms with Crippen LogP contribution in [0.15, 0.2) is 0 Å². The first kappa shape index (κ1) is 10.9. The standard InChI is InChI=1S/C8H18N2O2S/c1-9-7-8(13(2,11)12)3-5-10-6-4-8/h9-10H,3-7H2,1-2H3. The number of nitrogens with one attached hydrogen (secondary N) is 2. The fraction of sp³-hybridized carbons (Fsp3) is 1.00. The molecular formula is C8H18N2O2S. The lowest BCUT2D eigenvalue weighted by molar-refractivity contribution is 0.379. The van der Waals surface area contributed by atoms with E-state index in [9.17, 15) is 8.42 Å². The van der Waals surface area contributed by atoms with Gasteiger partial charge < -0.3 is 10.6 Å². The highest BCUT2D eigenvalue weighted by molar-refractivity contribution is 7.92. The molecular weight excluding hydrogens is 188 g/mol. The predicted octanol–water partition coefficient (Wildman–Crippen LogP) is -0.627. The normalized spacial score (nSPS) is 22.9. The van der Waals surface area contributed by atoms with Gasteiger partial charge in [-0.3, -0.25) is 0 Å². The van der Waals surface area contributed by atoms with E-state index in [0.717, 1.165) is 13.1 Å². The van der Waals surface area contributed by atoms with Crippen molar-refractivity contribution < 1.29 is 8.42 Å². The van der Waals surface area contributed by atoms with Crippen molar-refractivity contribution in [2.45, 2.75) is 17.6 Å². The van der Waals surface area contributed by atoms with Crippen molar-refractivity contribution >= 4 is 9.84 Å². The summed E-state index contributed by atoms with van der Waals surface area (Å²) in [5.41, 5.74) is 0. The maximum atomic E-state index is 11.6. The molecule has 1 saturated heterocycles. The van der Waals surface area contributed by atoms with Gasteiger partial charge in [-0.2, -0.15) is 0 Å². The lowest BCUT2D eigenvalue weighted by atomic mass is 9.97. The minimum atomic E-state index is -2.95. The molecule has 0 aromatic carbocycles. The van der Waals surface area contributed by atoms with Gasteiger partial charge in [0, 0.05) is 12.8 Å². The first-order chi connectivity index (χ1) is 6.02. The lowest BCUT2D eigenvalue weighted by Crippen LogP contribution is -2.52. The molecule has 1 fully saturated rings. The van der Waals surface area contributed by atoms with Crippen LogP contribution in [0.1, 0.15) is 12.8 Å². The van der Waals surface area contributed by atoms with Gasteiger partial charge in [-0.1, -0.05) is 0 Å². The first-order valence-corrected chi connectivity index (χ1v) is 6.46. The minimum Gasteiger partial charge on any atom is -0.318 e. The van der Waals surface area contributed by atoms with Crippen LogP contribution in [0.2, 0.25) is 0 Å². The third-order valence-corrected chi connectivity index (χ3v) is 4.93. The van der Waals surface area contributed by atoms with Crippen molar-refractivity contribution in [3.05, 3.63) is 0 Å². The zero-order valence-corrected chi connectivity index (χ0v) is 9.08. The van der Waals surface area contributed by atoms with Gasteiger partial charge in [-0.25, -0.2) is 8.42 Å². The summed E-state index contributed by atoms with van der Waals surface area (Å²) in [4.78, 5) is 0. The first-order valence-electron chi connectivity index (χ1n) is 4.57. The maximum Gasteiger partial charge on any atom is 0.154 e. The molecule has 13 heavy (non-hydrogen) atoms. The summed E-state index contributed by atoms with van der Waals surface area (Å²) in [5.74, 6) is 0. The molecule has 0 spiro atoms. The van der Waals surface area contributed by atoms with Crippen LogP contribution in [-0.2, 0) is 9.84 Å². The van der Waals surface area contributed by atoms with Crippen LogP contribution in [-0.4, -0.2) is 46.1 Å². The number of hydrogen-bond donors (Lipinski definition) is 2. The van der Waals surface area contributed by atoms with Gasteiger partial charge in [-0.15, -0.1) is 0 Å². The SMILES string of the molecule is CNCC1(S(C)(=O)=O)CCNCC1. The average Bonchev–Trinajstić information content (AvgIpc) is 2.04. The summed E-state index contributed by atoms with van der Waals surface area (Å²) in [6, 6.07) is 0. The zero-order valence-electron chi connectivity index (χ0n) is 8.26. The van der Waals surface area contributed by atoms with Crippen molar-refractivity contribution in [2.75, 3.05) is 32.9 Å². The lowest BCUT2D eigenvalue weighted by Gasteiger charge is -2.35. The maximum absolute atomic E-state index is 11.6. The highest BCUT2D eigenvalue weighted by atomic mass is 32.2. The molecule has 0 saturated carbocycles. The summed E-state index contributed by atoms with van der Waals surface area (Å²) >= 11 is 0. The molecule has 0 amide bonds. The Morgan fingerprint density at radius 1 is 1.38 bits per heavy atom. The van der Waals surface area contributed by atoms with Crippen LogP contribution in [0.25, 0.3) is 0 Å². The number of sulfone groups is 1. The Morgan fingerprint density at radius 2 is 1.92 bits per heavy atom. The van der Waals surface area contributed by atoms with E-state index >= 15 is 0 Å². The van der Waals surface area contributed by atoms with Crippen LogP contribution >= 0.6 is 0 Å². The van der Waals surface area contributed by atoms with Gasteiger partial charge in [0.25, 0.3) is 0 Å². The topological polar surface area (TPSA) is 58.2 Å². The van der Waals surface area contributed by atoms with E-state index in [0.29, 0.717) is 19.4 Å². The molecule has 2 N–H and O–H groups in total. The fourth-order valence-corrected chi connectivity index (χ4v) is 3.24. The number of rotatable bonds is 3. The van der Waals surface area contributed by atoms with Crippen molar-refractivity contribution in [1.82, 2.24) is 10.6 Å². The molecule has 1 aliphatic rings. The fourth-order valence-electron chi connectivity index (χ4n) is 1.88. The van der Waals surface area contributed by atoms with E-state index in [1.54, 1.807) is 7.05 Å². The van der Waals surface area contributed by atoms with Gasteiger partial charge in [0.1, 0.15) is 0 Å². The van der Waals surface area contributed by atoms with Crippen LogP contribution < -0.4 is 10.6 Å². The predicted molar refractivity (Wildman–Crippen MR) is 53.6 cm³/mol. The van der Waals surface area contributed by atoms with Crippen LogP contribution in [0.5, 0.6) is 0 Å². The van der Waals surface area contributed by atoms with Gasteiger partial charge in [0.05, 0.1) is 4.75 Å². The van der Waals surface area contributed by atoms with E-state index < -0.39 is 14.6 Å². The highest BCUT2D eigenvalue weighted by Crippen LogP contribution is 2.26. The van der Waals surface area contributed by atoms with Crippen molar-refractivity contribution in [2.24, 2.45) is 0 Å². The van der Waals surface area contributed by atoms with Crippen LogP contribution in [0.4, 0.5) is 0 Å². The second kappa shape index (κ2) is 3.94. The van der Waals surface area contributed by atoms with E-state index in [2.05, 4.69) is 10.6 Å². The smallest absolute Gasteiger partial charge is 0.154 e. The number of piperidine rings is 1. The molecule has 1 rings (SSSR count). The highest BCUT2D eigenvalue weighted by Gasteiger charge is 2.40. The van der Waals surface area contributed by atoms with Crippen LogP contribution in [0, 0.1) is 0 Å². The average molecular weight is 206 g/mol. The Kier molecular flexibility index (Phi) is 3.32. The van der Waals surface area contributed by atoms with Gasteiger partial charge in [0.15, 0.2) is 9.84 Å². The third kappa shape index (κ3) is 2.21. The quantitative estimate of drug-likeness (QED) is 0.646. The molecule has 0 aromatic rings. The van der Waals surface area contributed by atoms with Crippen molar-refractivity contribution in [1.29, 1.82) is 0 Å². The summed E-state index contributed by atoms with van der Waals surface area (Å²) in [6.07, 6.45) is 2.77. The molecule has 0 aliphatic carbocycles. The molecule has 0 atom stereocenters. The molecule has 0 bridgehead atoms. The van der Waals surface area contributed by atoms with Crippen molar-refractivity contribution in [3.63, 3.8) is 0 Å². The third-order valence-electron chi connectivity index (χ3n) is 2.80. The Morgan fingerprint density at radius 3 is 2.31 bits per heavy atom. The van der Waals surface area contributed by atoms with E-state index in [-0.39, 0.29) is 0 Å². The summed E-state index contributed by atoms with van der Waals surface area (Å²) < 4.78 is 22.7. The van der Waals surface area contributed by atoms with E-state index in [4.69, 9.17) is 0 Å². The summed E-state index contributed by atoms with van der Waals surface area (Å²) in [7, 11) is -1.15. The molecule has 78 valence electrons. The van der Waals surface area contributed by atoms with E-state index in [1.165, 1.54) is 6.26 Å². The molecule has 0 aromatic heterocycles. The zero-order chi connectivity index (χ0) is 9.95. The Labute approximate surface area is 80.0 Å². The van der Waals surface area contributed by atoms with Gasteiger partial charge in [0.2, 0.25) is 0 Å². The molecule has 4 nitrogen and oxygen atoms in total. The van der Waals surface area contributed by atoms with E-state index in [1.807, 2.05) is 0 Å².